The molecule has 17 heavy (non-hydrogen) atoms. The van der Waals surface area contributed by atoms with Gasteiger partial charge in [0.15, 0.2) is 0 Å². The molecular formula is C13H19N3O. The number of carbonyl (C=O) groups is 1. The van der Waals surface area contributed by atoms with Crippen LogP contribution >= 0.6 is 0 Å². The van der Waals surface area contributed by atoms with Crippen LogP contribution in [-0.2, 0) is 0 Å². The van der Waals surface area contributed by atoms with Crippen LogP contribution in [0.25, 0.3) is 0 Å². The van der Waals surface area contributed by atoms with Crippen LogP contribution in [0.4, 0.5) is 5.82 Å². The van der Waals surface area contributed by atoms with Crippen molar-refractivity contribution in [2.45, 2.75) is 32.2 Å². The normalized spacial score (nSPS) is 17.1. The van der Waals surface area contributed by atoms with Crippen molar-refractivity contribution in [2.75, 3.05) is 12.4 Å². The highest BCUT2D eigenvalue weighted by Gasteiger charge is 2.25. The van der Waals surface area contributed by atoms with E-state index in [4.69, 9.17) is 0 Å². The van der Waals surface area contributed by atoms with Crippen LogP contribution < -0.4 is 10.6 Å². The number of rotatable bonds is 4. The Morgan fingerprint density at radius 2 is 2.24 bits per heavy atom. The van der Waals surface area contributed by atoms with Gasteiger partial charge in [-0.3, -0.25) is 4.79 Å². The lowest BCUT2D eigenvalue weighted by molar-refractivity contribution is 0.0904. The Labute approximate surface area is 102 Å². The van der Waals surface area contributed by atoms with Crippen molar-refractivity contribution < 1.29 is 4.79 Å². The minimum atomic E-state index is -0.0819. The number of hydrogen-bond acceptors (Lipinski definition) is 3. The van der Waals surface area contributed by atoms with Crippen LogP contribution in [0.15, 0.2) is 18.2 Å². The molecule has 2 N–H and O–H groups in total. The van der Waals surface area contributed by atoms with Gasteiger partial charge in [0.25, 0.3) is 5.91 Å². The molecule has 2 rings (SSSR count). The van der Waals surface area contributed by atoms with Crippen LogP contribution in [0.2, 0.25) is 0 Å². The van der Waals surface area contributed by atoms with Crippen LogP contribution in [0.1, 0.15) is 36.7 Å². The Hall–Kier alpha value is -1.58. The molecule has 0 spiro atoms. The van der Waals surface area contributed by atoms with Gasteiger partial charge in [0.1, 0.15) is 11.5 Å². The molecule has 1 aliphatic carbocycles. The first kappa shape index (κ1) is 11.9. The minimum Gasteiger partial charge on any atom is -0.373 e. The average Bonchev–Trinajstić information content (AvgIpc) is 2.26. The number of pyridine rings is 1. The van der Waals surface area contributed by atoms with Gasteiger partial charge in [0.05, 0.1) is 0 Å². The summed E-state index contributed by atoms with van der Waals surface area (Å²) in [5.41, 5.74) is 0.475. The molecule has 1 fully saturated rings. The Morgan fingerprint density at radius 1 is 1.47 bits per heavy atom. The first-order chi connectivity index (χ1) is 8.20. The molecule has 92 valence electrons. The van der Waals surface area contributed by atoms with Gasteiger partial charge in [-0.05, 0) is 37.8 Å². The second kappa shape index (κ2) is 5.17. The van der Waals surface area contributed by atoms with Crippen molar-refractivity contribution in [3.05, 3.63) is 23.9 Å². The van der Waals surface area contributed by atoms with Crippen LogP contribution in [-0.4, -0.2) is 24.0 Å². The summed E-state index contributed by atoms with van der Waals surface area (Å²) in [7, 11) is 1.79. The zero-order chi connectivity index (χ0) is 12.3. The molecule has 1 amide bonds. The van der Waals surface area contributed by atoms with E-state index in [-0.39, 0.29) is 11.9 Å². The van der Waals surface area contributed by atoms with E-state index in [1.54, 1.807) is 13.1 Å². The van der Waals surface area contributed by atoms with E-state index in [0.29, 0.717) is 17.4 Å². The predicted molar refractivity (Wildman–Crippen MR) is 68.1 cm³/mol. The van der Waals surface area contributed by atoms with Crippen molar-refractivity contribution >= 4 is 11.7 Å². The number of carbonyl (C=O) groups excluding carboxylic acids is 1. The lowest BCUT2D eigenvalue weighted by Crippen LogP contribution is -2.41. The van der Waals surface area contributed by atoms with E-state index >= 15 is 0 Å². The Bertz CT molecular complexity index is 401. The molecule has 1 saturated carbocycles. The maximum Gasteiger partial charge on any atom is 0.270 e. The fourth-order valence-electron chi connectivity index (χ4n) is 2.04. The molecule has 4 heteroatoms. The van der Waals surface area contributed by atoms with E-state index in [2.05, 4.69) is 22.5 Å². The smallest absolute Gasteiger partial charge is 0.270 e. The lowest BCUT2D eigenvalue weighted by atomic mass is 9.80. The first-order valence-corrected chi connectivity index (χ1v) is 6.16. The third-order valence-corrected chi connectivity index (χ3v) is 3.45. The molecule has 1 aromatic rings. The van der Waals surface area contributed by atoms with E-state index in [1.807, 2.05) is 12.1 Å². The van der Waals surface area contributed by atoms with Crippen LogP contribution in [0.3, 0.4) is 0 Å². The SMILES string of the molecule is CNc1cccc(C(=O)NC(C)C2CCC2)n1. The third kappa shape index (κ3) is 2.75. The van der Waals surface area contributed by atoms with Gasteiger partial charge in [0, 0.05) is 13.1 Å². The third-order valence-electron chi connectivity index (χ3n) is 3.45. The minimum absolute atomic E-state index is 0.0819. The van der Waals surface area contributed by atoms with Gasteiger partial charge in [-0.2, -0.15) is 0 Å². The molecule has 0 aliphatic heterocycles. The summed E-state index contributed by atoms with van der Waals surface area (Å²) in [4.78, 5) is 16.2. The number of nitrogens with zero attached hydrogens (tertiary/aromatic N) is 1. The molecule has 0 saturated heterocycles. The van der Waals surface area contributed by atoms with Gasteiger partial charge in [0.2, 0.25) is 0 Å². The fourth-order valence-corrected chi connectivity index (χ4v) is 2.04. The van der Waals surface area contributed by atoms with Crippen molar-refractivity contribution in [1.82, 2.24) is 10.3 Å². The van der Waals surface area contributed by atoms with Gasteiger partial charge in [-0.15, -0.1) is 0 Å². The highest BCUT2D eigenvalue weighted by molar-refractivity contribution is 5.92. The van der Waals surface area contributed by atoms with Gasteiger partial charge in [-0.1, -0.05) is 12.5 Å². The lowest BCUT2D eigenvalue weighted by Gasteiger charge is -2.31. The zero-order valence-corrected chi connectivity index (χ0v) is 10.4. The number of aromatic nitrogens is 1. The molecule has 0 radical (unpaired) electrons. The number of anilines is 1. The first-order valence-electron chi connectivity index (χ1n) is 6.16. The maximum atomic E-state index is 12.0. The highest BCUT2D eigenvalue weighted by atomic mass is 16.1. The van der Waals surface area contributed by atoms with Crippen molar-refractivity contribution in [1.29, 1.82) is 0 Å². The summed E-state index contributed by atoms with van der Waals surface area (Å²) in [5, 5.41) is 5.95. The number of nitrogens with one attached hydrogen (secondary N) is 2. The summed E-state index contributed by atoms with van der Waals surface area (Å²) in [6, 6.07) is 5.66. The Balaban J connectivity index is 1.98. The molecule has 1 unspecified atom stereocenters. The monoisotopic (exact) mass is 233 g/mol. The van der Waals surface area contributed by atoms with Gasteiger partial charge >= 0.3 is 0 Å². The summed E-state index contributed by atoms with van der Waals surface area (Å²) in [5.74, 6) is 1.28. The quantitative estimate of drug-likeness (QED) is 0.836. The van der Waals surface area contributed by atoms with E-state index in [9.17, 15) is 4.79 Å². The Morgan fingerprint density at radius 3 is 2.82 bits per heavy atom. The fraction of sp³-hybridized carbons (Fsp3) is 0.538. The highest BCUT2D eigenvalue weighted by Crippen LogP contribution is 2.29. The van der Waals surface area contributed by atoms with Gasteiger partial charge in [-0.25, -0.2) is 4.98 Å². The van der Waals surface area contributed by atoms with E-state index < -0.39 is 0 Å². The largest absolute Gasteiger partial charge is 0.373 e. The van der Waals surface area contributed by atoms with Crippen molar-refractivity contribution in [3.8, 4) is 0 Å². The van der Waals surface area contributed by atoms with Crippen molar-refractivity contribution in [3.63, 3.8) is 0 Å². The summed E-state index contributed by atoms with van der Waals surface area (Å²) >= 11 is 0. The summed E-state index contributed by atoms with van der Waals surface area (Å²) in [6.45, 7) is 2.07. The Kier molecular flexibility index (Phi) is 3.61. The van der Waals surface area contributed by atoms with E-state index in [0.717, 1.165) is 0 Å². The standard InChI is InChI=1S/C13H19N3O/c1-9(10-5-3-6-10)15-13(17)11-7-4-8-12(14-2)16-11/h4,7-10H,3,5-6H2,1-2H3,(H,14,16)(H,15,17). The van der Waals surface area contributed by atoms with E-state index in [1.165, 1.54) is 19.3 Å². The topological polar surface area (TPSA) is 54.0 Å². The predicted octanol–water partition coefficient (Wildman–Crippen LogP) is 2.04. The zero-order valence-electron chi connectivity index (χ0n) is 10.4. The molecule has 1 aliphatic rings. The molecule has 4 nitrogen and oxygen atoms in total. The summed E-state index contributed by atoms with van der Waals surface area (Å²) in [6.07, 6.45) is 3.75. The average molecular weight is 233 g/mol. The molecule has 0 aromatic carbocycles. The summed E-state index contributed by atoms with van der Waals surface area (Å²) < 4.78 is 0. The van der Waals surface area contributed by atoms with Crippen LogP contribution in [0.5, 0.6) is 0 Å². The van der Waals surface area contributed by atoms with Crippen molar-refractivity contribution in [2.24, 2.45) is 5.92 Å². The number of amides is 1. The molecule has 1 atom stereocenters. The number of hydrogen-bond donors (Lipinski definition) is 2. The molecule has 0 bridgehead atoms. The molecule has 1 aromatic heterocycles. The molecule has 1 heterocycles. The maximum absolute atomic E-state index is 12.0. The van der Waals surface area contributed by atoms with Crippen LogP contribution in [0, 0.1) is 5.92 Å². The second-order valence-corrected chi connectivity index (χ2v) is 4.61. The van der Waals surface area contributed by atoms with Gasteiger partial charge < -0.3 is 10.6 Å². The second-order valence-electron chi connectivity index (χ2n) is 4.61. The molecular weight excluding hydrogens is 214 g/mol.